The van der Waals surface area contributed by atoms with E-state index in [4.69, 9.17) is 4.42 Å². The monoisotopic (exact) mass is 420 g/mol. The molecule has 2 amide bonds. The van der Waals surface area contributed by atoms with Crippen LogP contribution in [0.1, 0.15) is 35.9 Å². The van der Waals surface area contributed by atoms with E-state index in [9.17, 15) is 9.59 Å². The third-order valence-electron chi connectivity index (χ3n) is 3.76. The van der Waals surface area contributed by atoms with Gasteiger partial charge in [0.25, 0.3) is 5.91 Å². The highest BCUT2D eigenvalue weighted by Gasteiger charge is 2.21. The number of nitrogens with one attached hydrogen (secondary N) is 2. The van der Waals surface area contributed by atoms with Gasteiger partial charge in [-0.1, -0.05) is 11.8 Å². The Morgan fingerprint density at radius 2 is 2.21 bits per heavy atom. The van der Waals surface area contributed by atoms with Gasteiger partial charge in [0, 0.05) is 11.9 Å². The second-order valence-corrected chi connectivity index (χ2v) is 8.01. The number of amides is 2. The van der Waals surface area contributed by atoms with Crippen LogP contribution < -0.4 is 10.6 Å². The molecule has 3 heterocycles. The molecule has 28 heavy (non-hydrogen) atoms. The van der Waals surface area contributed by atoms with Crippen molar-refractivity contribution in [1.82, 2.24) is 25.1 Å². The van der Waals surface area contributed by atoms with Crippen LogP contribution in [0.2, 0.25) is 0 Å². The summed E-state index contributed by atoms with van der Waals surface area (Å²) in [6.07, 6.45) is 1.44. The number of anilines is 1. The molecule has 0 aliphatic rings. The van der Waals surface area contributed by atoms with Gasteiger partial charge in [-0.15, -0.1) is 21.5 Å². The molecule has 3 rings (SSSR count). The standard InChI is InChI=1S/C17H20N6O3S2/c1-4-23-13(8-18-15(25)12-6-5-7-26-12)21-22-17(23)28-11(3)14(24)20-16-19-10(2)9-27-16/h5-7,9,11H,4,8H2,1-3H3,(H,18,25)(H,19,20,24)/t11-/m0/s1. The van der Waals surface area contributed by atoms with Crippen LogP contribution in [0.3, 0.4) is 0 Å². The molecule has 3 aromatic heterocycles. The quantitative estimate of drug-likeness (QED) is 0.538. The lowest BCUT2D eigenvalue weighted by molar-refractivity contribution is -0.115. The highest BCUT2D eigenvalue weighted by atomic mass is 32.2. The van der Waals surface area contributed by atoms with Crippen molar-refractivity contribution in [1.29, 1.82) is 0 Å². The van der Waals surface area contributed by atoms with Crippen molar-refractivity contribution in [3.05, 3.63) is 41.1 Å². The first-order valence-corrected chi connectivity index (χ1v) is 10.4. The predicted octanol–water partition coefficient (Wildman–Crippen LogP) is 2.71. The molecule has 0 spiro atoms. The fourth-order valence-corrected chi connectivity index (χ4v) is 3.96. The Kier molecular flexibility index (Phi) is 6.47. The molecule has 0 saturated carbocycles. The van der Waals surface area contributed by atoms with Gasteiger partial charge in [-0.2, -0.15) is 0 Å². The molecule has 0 saturated heterocycles. The van der Waals surface area contributed by atoms with Gasteiger partial charge in [0.2, 0.25) is 5.91 Å². The Hall–Kier alpha value is -2.66. The molecule has 0 aliphatic heterocycles. The predicted molar refractivity (Wildman–Crippen MR) is 106 cm³/mol. The van der Waals surface area contributed by atoms with Crippen molar-refractivity contribution in [3.8, 4) is 0 Å². The van der Waals surface area contributed by atoms with Crippen LogP contribution in [-0.4, -0.2) is 36.8 Å². The lowest BCUT2D eigenvalue weighted by atomic mass is 10.4. The molecule has 148 valence electrons. The molecule has 9 nitrogen and oxygen atoms in total. The van der Waals surface area contributed by atoms with E-state index in [1.165, 1.54) is 29.4 Å². The Morgan fingerprint density at radius 1 is 1.39 bits per heavy atom. The minimum atomic E-state index is -0.385. The van der Waals surface area contributed by atoms with E-state index in [1.807, 2.05) is 23.8 Å². The topological polar surface area (TPSA) is 115 Å². The Morgan fingerprint density at radius 3 is 2.86 bits per heavy atom. The van der Waals surface area contributed by atoms with Gasteiger partial charge in [0.05, 0.1) is 23.8 Å². The van der Waals surface area contributed by atoms with Crippen LogP contribution in [0.4, 0.5) is 5.13 Å². The number of hydrogen-bond acceptors (Lipinski definition) is 8. The number of rotatable bonds is 8. The summed E-state index contributed by atoms with van der Waals surface area (Å²) >= 11 is 2.69. The number of thioether (sulfide) groups is 1. The molecule has 0 fully saturated rings. The second kappa shape index (κ2) is 9.02. The molecular formula is C17H20N6O3S2. The van der Waals surface area contributed by atoms with Crippen molar-refractivity contribution in [2.24, 2.45) is 0 Å². The summed E-state index contributed by atoms with van der Waals surface area (Å²) in [5.74, 6) is 0.363. The van der Waals surface area contributed by atoms with Crippen LogP contribution >= 0.6 is 23.1 Å². The lowest BCUT2D eigenvalue weighted by Crippen LogP contribution is -2.25. The largest absolute Gasteiger partial charge is 0.459 e. The van der Waals surface area contributed by atoms with Crippen molar-refractivity contribution in [2.45, 2.75) is 44.3 Å². The van der Waals surface area contributed by atoms with E-state index >= 15 is 0 Å². The summed E-state index contributed by atoms with van der Waals surface area (Å²) < 4.78 is 6.93. The smallest absolute Gasteiger partial charge is 0.287 e. The van der Waals surface area contributed by atoms with E-state index in [1.54, 1.807) is 19.1 Å². The number of hydrogen-bond donors (Lipinski definition) is 2. The first-order chi connectivity index (χ1) is 13.5. The molecule has 3 aromatic rings. The third kappa shape index (κ3) is 4.78. The molecule has 1 atom stereocenters. The first kappa shape index (κ1) is 20.1. The average Bonchev–Trinajstić information content (AvgIpc) is 3.41. The summed E-state index contributed by atoms with van der Waals surface area (Å²) in [5.41, 5.74) is 0.868. The summed E-state index contributed by atoms with van der Waals surface area (Å²) in [6, 6.07) is 3.24. The van der Waals surface area contributed by atoms with Gasteiger partial charge in [-0.05, 0) is 32.9 Å². The van der Waals surface area contributed by atoms with Gasteiger partial charge in [-0.3, -0.25) is 9.59 Å². The molecule has 0 bridgehead atoms. The van der Waals surface area contributed by atoms with Gasteiger partial charge < -0.3 is 19.6 Å². The molecule has 0 radical (unpaired) electrons. The molecule has 0 aliphatic carbocycles. The first-order valence-electron chi connectivity index (χ1n) is 8.61. The third-order valence-corrected chi connectivity index (χ3v) is 5.72. The summed E-state index contributed by atoms with van der Waals surface area (Å²) in [7, 11) is 0. The molecule has 2 N–H and O–H groups in total. The fraction of sp³-hybridized carbons (Fsp3) is 0.353. The zero-order chi connectivity index (χ0) is 20.1. The van der Waals surface area contributed by atoms with E-state index in [0.29, 0.717) is 22.7 Å². The van der Waals surface area contributed by atoms with Gasteiger partial charge in [0.15, 0.2) is 21.9 Å². The zero-order valence-corrected chi connectivity index (χ0v) is 17.3. The number of carbonyl (C=O) groups is 2. The maximum atomic E-state index is 12.4. The number of carbonyl (C=O) groups excluding carboxylic acids is 2. The number of aryl methyl sites for hydroxylation is 1. The molecule has 0 aromatic carbocycles. The van der Waals surface area contributed by atoms with Gasteiger partial charge >= 0.3 is 0 Å². The van der Waals surface area contributed by atoms with E-state index in [-0.39, 0.29) is 29.4 Å². The van der Waals surface area contributed by atoms with Crippen molar-refractivity contribution >= 4 is 40.0 Å². The Labute approximate surface area is 169 Å². The highest BCUT2D eigenvalue weighted by molar-refractivity contribution is 8.00. The second-order valence-electron chi connectivity index (χ2n) is 5.85. The average molecular weight is 421 g/mol. The lowest BCUT2D eigenvalue weighted by Gasteiger charge is -2.11. The number of furan rings is 1. The van der Waals surface area contributed by atoms with Crippen LogP contribution in [0.25, 0.3) is 0 Å². The van der Waals surface area contributed by atoms with Crippen LogP contribution in [0, 0.1) is 6.92 Å². The molecule has 11 heteroatoms. The fourth-order valence-electron chi connectivity index (χ4n) is 2.34. The minimum absolute atomic E-state index is 0.155. The van der Waals surface area contributed by atoms with E-state index < -0.39 is 0 Å². The van der Waals surface area contributed by atoms with Crippen LogP contribution in [0.5, 0.6) is 0 Å². The minimum Gasteiger partial charge on any atom is -0.459 e. The van der Waals surface area contributed by atoms with Crippen LogP contribution in [0.15, 0.2) is 33.3 Å². The maximum Gasteiger partial charge on any atom is 0.287 e. The number of aromatic nitrogens is 4. The van der Waals surface area contributed by atoms with E-state index in [0.717, 1.165) is 5.69 Å². The van der Waals surface area contributed by atoms with Gasteiger partial charge in [-0.25, -0.2) is 4.98 Å². The van der Waals surface area contributed by atoms with E-state index in [2.05, 4.69) is 25.8 Å². The molecular weight excluding hydrogens is 400 g/mol. The van der Waals surface area contributed by atoms with Crippen LogP contribution in [-0.2, 0) is 17.9 Å². The highest BCUT2D eigenvalue weighted by Crippen LogP contribution is 2.24. The summed E-state index contributed by atoms with van der Waals surface area (Å²) in [4.78, 5) is 28.6. The summed E-state index contributed by atoms with van der Waals surface area (Å²) in [6.45, 7) is 6.45. The summed E-state index contributed by atoms with van der Waals surface area (Å²) in [5, 5.41) is 16.6. The zero-order valence-electron chi connectivity index (χ0n) is 15.6. The number of nitrogens with zero attached hydrogens (tertiary/aromatic N) is 4. The molecule has 0 unspecified atom stereocenters. The maximum absolute atomic E-state index is 12.4. The van der Waals surface area contributed by atoms with Crippen molar-refractivity contribution < 1.29 is 14.0 Å². The normalized spacial score (nSPS) is 12.0. The van der Waals surface area contributed by atoms with Crippen molar-refractivity contribution in [2.75, 3.05) is 5.32 Å². The van der Waals surface area contributed by atoms with Gasteiger partial charge in [0.1, 0.15) is 0 Å². The SMILES string of the molecule is CCn1c(CNC(=O)c2ccco2)nnc1S[C@@H](C)C(=O)Nc1nc(C)cs1. The Bertz CT molecular complexity index is 950. The van der Waals surface area contributed by atoms with Crippen molar-refractivity contribution in [3.63, 3.8) is 0 Å². The Balaban J connectivity index is 1.60. The number of thiazole rings is 1.